The molecule has 1 unspecified atom stereocenters. The number of aromatic nitrogens is 2. The summed E-state index contributed by atoms with van der Waals surface area (Å²) in [6.45, 7) is 2.55. The number of hydrogen-bond acceptors (Lipinski definition) is 5. The Morgan fingerprint density at radius 1 is 1.27 bits per heavy atom. The third-order valence-corrected chi connectivity index (χ3v) is 4.20. The minimum atomic E-state index is -0.696. The van der Waals surface area contributed by atoms with Crippen LogP contribution < -0.4 is 10.5 Å². The van der Waals surface area contributed by atoms with Crippen LogP contribution in [0.25, 0.3) is 11.0 Å². The first-order valence-electron chi connectivity index (χ1n) is 8.22. The number of benzene rings is 1. The maximum absolute atomic E-state index is 15.1. The van der Waals surface area contributed by atoms with E-state index in [4.69, 9.17) is 19.9 Å². The first-order chi connectivity index (χ1) is 12.6. The molecule has 0 fully saturated rings. The van der Waals surface area contributed by atoms with Crippen LogP contribution >= 0.6 is 0 Å². The van der Waals surface area contributed by atoms with Crippen molar-refractivity contribution in [2.45, 2.75) is 13.0 Å². The first kappa shape index (κ1) is 18.2. The maximum atomic E-state index is 15.1. The van der Waals surface area contributed by atoms with Gasteiger partial charge in [0, 0.05) is 48.8 Å². The minimum absolute atomic E-state index is 0.113. The van der Waals surface area contributed by atoms with E-state index in [-0.39, 0.29) is 17.9 Å². The molecule has 0 bridgehead atoms. The number of rotatable bonds is 7. The molecular formula is C19H22FN3O3. The Kier molecular flexibility index (Phi) is 5.39. The van der Waals surface area contributed by atoms with E-state index in [0.717, 1.165) is 16.5 Å². The Balaban J connectivity index is 2.07. The second-order valence-electron chi connectivity index (χ2n) is 5.99. The van der Waals surface area contributed by atoms with Crippen LogP contribution in [-0.4, -0.2) is 37.4 Å². The summed E-state index contributed by atoms with van der Waals surface area (Å²) in [5, 5.41) is 0.862. The van der Waals surface area contributed by atoms with Crippen molar-refractivity contribution in [1.29, 1.82) is 0 Å². The van der Waals surface area contributed by atoms with E-state index >= 15 is 4.39 Å². The van der Waals surface area contributed by atoms with Crippen LogP contribution in [0.4, 0.5) is 10.1 Å². The predicted molar refractivity (Wildman–Crippen MR) is 97.9 cm³/mol. The molecule has 6 nitrogen and oxygen atoms in total. The number of nitrogens with two attached hydrogens (primary N) is 1. The van der Waals surface area contributed by atoms with Gasteiger partial charge in [0.1, 0.15) is 18.4 Å². The molecule has 3 rings (SSSR count). The first-order valence-corrected chi connectivity index (χ1v) is 8.22. The van der Waals surface area contributed by atoms with E-state index in [0.29, 0.717) is 17.9 Å². The lowest BCUT2D eigenvalue weighted by atomic mass is 9.98. The second kappa shape index (κ2) is 7.72. The number of fused-ring (bicyclic) bond motifs is 1. The SMILES string of the molecule is COCCOc1ccc(N)c(C(OC)c2c[nH]c3ncc(C)cc23)c1F. The zero-order chi connectivity index (χ0) is 18.7. The van der Waals surface area contributed by atoms with Gasteiger partial charge in [-0.1, -0.05) is 0 Å². The van der Waals surface area contributed by atoms with Gasteiger partial charge in [0.2, 0.25) is 0 Å². The summed E-state index contributed by atoms with van der Waals surface area (Å²) in [6, 6.07) is 5.11. The Morgan fingerprint density at radius 3 is 2.81 bits per heavy atom. The third-order valence-electron chi connectivity index (χ3n) is 4.20. The number of anilines is 1. The number of pyridine rings is 1. The predicted octanol–water partition coefficient (Wildman–Crippen LogP) is 3.35. The molecule has 1 atom stereocenters. The van der Waals surface area contributed by atoms with Crippen molar-refractivity contribution in [1.82, 2.24) is 9.97 Å². The van der Waals surface area contributed by atoms with Crippen molar-refractivity contribution >= 4 is 16.7 Å². The van der Waals surface area contributed by atoms with Gasteiger partial charge in [-0.2, -0.15) is 0 Å². The van der Waals surface area contributed by atoms with Crippen LogP contribution in [0.5, 0.6) is 5.75 Å². The highest BCUT2D eigenvalue weighted by Gasteiger charge is 2.26. The molecule has 0 aliphatic heterocycles. The number of hydrogen-bond donors (Lipinski definition) is 2. The zero-order valence-electron chi connectivity index (χ0n) is 15.0. The highest BCUT2D eigenvalue weighted by molar-refractivity contribution is 5.81. The van der Waals surface area contributed by atoms with Gasteiger partial charge in [0.15, 0.2) is 11.6 Å². The summed E-state index contributed by atoms with van der Waals surface area (Å²) in [5.41, 5.74) is 9.08. The Hall–Kier alpha value is -2.64. The topological polar surface area (TPSA) is 82.4 Å². The fraction of sp³-hybridized carbons (Fsp3) is 0.316. The number of nitrogen functional groups attached to an aromatic ring is 1. The summed E-state index contributed by atoms with van der Waals surface area (Å²) in [5.74, 6) is -0.426. The van der Waals surface area contributed by atoms with Gasteiger partial charge < -0.3 is 24.9 Å². The molecule has 0 spiro atoms. The van der Waals surface area contributed by atoms with Crippen molar-refractivity contribution in [3.63, 3.8) is 0 Å². The number of aromatic amines is 1. The van der Waals surface area contributed by atoms with Crippen molar-refractivity contribution < 1.29 is 18.6 Å². The molecule has 2 heterocycles. The molecule has 0 aliphatic rings. The highest BCUT2D eigenvalue weighted by atomic mass is 19.1. The van der Waals surface area contributed by atoms with E-state index in [1.807, 2.05) is 13.0 Å². The quantitative estimate of drug-likeness (QED) is 0.499. The smallest absolute Gasteiger partial charge is 0.173 e. The largest absolute Gasteiger partial charge is 0.488 e. The van der Waals surface area contributed by atoms with Gasteiger partial charge in [0.25, 0.3) is 0 Å². The van der Waals surface area contributed by atoms with Crippen molar-refractivity contribution in [3.05, 3.63) is 53.1 Å². The fourth-order valence-corrected chi connectivity index (χ4v) is 2.95. The monoisotopic (exact) mass is 359 g/mol. The van der Waals surface area contributed by atoms with Gasteiger partial charge in [-0.05, 0) is 30.7 Å². The fourth-order valence-electron chi connectivity index (χ4n) is 2.95. The maximum Gasteiger partial charge on any atom is 0.173 e. The van der Waals surface area contributed by atoms with Crippen LogP contribution in [0.15, 0.2) is 30.6 Å². The number of halogens is 1. The van der Waals surface area contributed by atoms with Crippen molar-refractivity contribution in [3.8, 4) is 5.75 Å². The van der Waals surface area contributed by atoms with Crippen LogP contribution in [0, 0.1) is 12.7 Å². The van der Waals surface area contributed by atoms with Gasteiger partial charge in [0.05, 0.1) is 6.61 Å². The van der Waals surface area contributed by atoms with E-state index in [1.54, 1.807) is 25.6 Å². The molecule has 3 aromatic rings. The summed E-state index contributed by atoms with van der Waals surface area (Å²) in [6.07, 6.45) is 2.84. The second-order valence-corrected chi connectivity index (χ2v) is 5.99. The summed E-state index contributed by atoms with van der Waals surface area (Å²) < 4.78 is 31.1. The van der Waals surface area contributed by atoms with Gasteiger partial charge >= 0.3 is 0 Å². The number of nitrogens with zero attached hydrogens (tertiary/aromatic N) is 1. The molecule has 26 heavy (non-hydrogen) atoms. The van der Waals surface area contributed by atoms with E-state index in [2.05, 4.69) is 9.97 Å². The minimum Gasteiger partial charge on any atom is -0.488 e. The standard InChI is InChI=1S/C19H22FN3O3/c1-11-8-12-13(10-23-19(12)22-9-11)18(25-3)16-14(21)4-5-15(17(16)20)26-7-6-24-2/h4-5,8-10,18H,6-7,21H2,1-3H3,(H,22,23). The molecule has 0 aliphatic carbocycles. The van der Waals surface area contributed by atoms with E-state index < -0.39 is 11.9 Å². The van der Waals surface area contributed by atoms with Crippen LogP contribution in [0.1, 0.15) is 22.8 Å². The Labute approximate surface area is 151 Å². The van der Waals surface area contributed by atoms with Gasteiger partial charge in [-0.25, -0.2) is 9.37 Å². The lowest BCUT2D eigenvalue weighted by Crippen LogP contribution is -2.12. The summed E-state index contributed by atoms with van der Waals surface area (Å²) >= 11 is 0. The summed E-state index contributed by atoms with van der Waals surface area (Å²) in [7, 11) is 3.08. The molecule has 7 heteroatoms. The molecule has 0 radical (unpaired) electrons. The van der Waals surface area contributed by atoms with Gasteiger partial charge in [-0.15, -0.1) is 0 Å². The lowest BCUT2D eigenvalue weighted by Gasteiger charge is -2.20. The van der Waals surface area contributed by atoms with Crippen LogP contribution in [-0.2, 0) is 9.47 Å². The zero-order valence-corrected chi connectivity index (χ0v) is 15.0. The molecular weight excluding hydrogens is 337 g/mol. The van der Waals surface area contributed by atoms with Crippen LogP contribution in [0.2, 0.25) is 0 Å². The van der Waals surface area contributed by atoms with Crippen LogP contribution in [0.3, 0.4) is 0 Å². The Morgan fingerprint density at radius 2 is 2.08 bits per heavy atom. The highest BCUT2D eigenvalue weighted by Crippen LogP contribution is 2.38. The Bertz CT molecular complexity index is 910. The van der Waals surface area contributed by atoms with E-state index in [1.165, 1.54) is 13.2 Å². The summed E-state index contributed by atoms with van der Waals surface area (Å²) in [4.78, 5) is 7.44. The average molecular weight is 359 g/mol. The average Bonchev–Trinajstić information content (AvgIpc) is 3.03. The number of aryl methyl sites for hydroxylation is 1. The van der Waals surface area contributed by atoms with Crippen molar-refractivity contribution in [2.75, 3.05) is 33.2 Å². The number of methoxy groups -OCH3 is 2. The molecule has 0 amide bonds. The molecule has 0 saturated heterocycles. The van der Waals surface area contributed by atoms with E-state index in [9.17, 15) is 0 Å². The molecule has 0 saturated carbocycles. The third kappa shape index (κ3) is 3.36. The number of H-pyrrole nitrogens is 1. The molecule has 138 valence electrons. The number of nitrogens with one attached hydrogen (secondary N) is 1. The van der Waals surface area contributed by atoms with Gasteiger partial charge in [-0.3, -0.25) is 0 Å². The molecule has 3 N–H and O–H groups in total. The molecule has 1 aromatic carbocycles. The van der Waals surface area contributed by atoms with Crippen molar-refractivity contribution in [2.24, 2.45) is 0 Å². The lowest BCUT2D eigenvalue weighted by molar-refractivity contribution is 0.130. The molecule has 2 aromatic heterocycles. The number of ether oxygens (including phenoxy) is 3. The normalized spacial score (nSPS) is 12.5.